The lowest BCUT2D eigenvalue weighted by Crippen LogP contribution is -2.50. The van der Waals surface area contributed by atoms with Crippen molar-refractivity contribution in [3.05, 3.63) is 34.6 Å². The molecule has 1 N–H and O–H groups in total. The number of nitrogens with zero attached hydrogens (tertiary/aromatic N) is 1. The van der Waals surface area contributed by atoms with Crippen LogP contribution in [0.25, 0.3) is 0 Å². The summed E-state index contributed by atoms with van der Waals surface area (Å²) in [6.45, 7) is 6.07. The van der Waals surface area contributed by atoms with E-state index < -0.39 is 0 Å². The van der Waals surface area contributed by atoms with Gasteiger partial charge in [-0.15, -0.1) is 0 Å². The van der Waals surface area contributed by atoms with Crippen LogP contribution in [0, 0.1) is 5.82 Å². The molecule has 1 aromatic rings. The summed E-state index contributed by atoms with van der Waals surface area (Å²) in [5.74, 6) is -0.323. The number of hydrogen-bond donors (Lipinski definition) is 1. The van der Waals surface area contributed by atoms with Crippen LogP contribution in [0.4, 0.5) is 4.39 Å². The summed E-state index contributed by atoms with van der Waals surface area (Å²) in [6.07, 6.45) is 2.36. The fourth-order valence-electron chi connectivity index (χ4n) is 2.50. The zero-order chi connectivity index (χ0) is 13.0. The van der Waals surface area contributed by atoms with Crippen molar-refractivity contribution < 1.29 is 4.39 Å². The van der Waals surface area contributed by atoms with Crippen LogP contribution in [0.15, 0.2) is 18.2 Å². The van der Waals surface area contributed by atoms with Crippen molar-refractivity contribution in [2.45, 2.75) is 32.4 Å². The standard InChI is InChI=1S/C14H20ClFN2/c1-2-3-12-9-17-6-7-18(12)10-11-4-5-13(15)14(16)8-11/h4-5,8,12,17H,2-3,6-7,9-10H2,1H3. The van der Waals surface area contributed by atoms with Crippen LogP contribution in [0.3, 0.4) is 0 Å². The molecule has 1 aliphatic rings. The molecule has 0 spiro atoms. The third kappa shape index (κ3) is 3.44. The zero-order valence-electron chi connectivity index (χ0n) is 10.8. The largest absolute Gasteiger partial charge is 0.314 e. The van der Waals surface area contributed by atoms with Crippen molar-refractivity contribution in [3.8, 4) is 0 Å². The van der Waals surface area contributed by atoms with E-state index >= 15 is 0 Å². The maximum atomic E-state index is 13.4. The third-order valence-corrected chi connectivity index (χ3v) is 3.77. The third-order valence-electron chi connectivity index (χ3n) is 3.46. The van der Waals surface area contributed by atoms with Crippen molar-refractivity contribution in [1.29, 1.82) is 0 Å². The predicted octanol–water partition coefficient (Wildman–Crippen LogP) is 3.05. The minimum absolute atomic E-state index is 0.198. The first-order chi connectivity index (χ1) is 8.70. The lowest BCUT2D eigenvalue weighted by Gasteiger charge is -2.36. The maximum Gasteiger partial charge on any atom is 0.142 e. The summed E-state index contributed by atoms with van der Waals surface area (Å²) in [5, 5.41) is 3.62. The van der Waals surface area contributed by atoms with Crippen molar-refractivity contribution in [3.63, 3.8) is 0 Å². The van der Waals surface area contributed by atoms with Gasteiger partial charge in [-0.3, -0.25) is 4.90 Å². The average Bonchev–Trinajstić information content (AvgIpc) is 2.37. The van der Waals surface area contributed by atoms with Gasteiger partial charge >= 0.3 is 0 Å². The Kier molecular flexibility index (Phi) is 4.98. The fraction of sp³-hybridized carbons (Fsp3) is 0.571. The average molecular weight is 271 g/mol. The van der Waals surface area contributed by atoms with Gasteiger partial charge in [0.25, 0.3) is 0 Å². The second-order valence-corrected chi connectivity index (χ2v) is 5.27. The van der Waals surface area contributed by atoms with Gasteiger partial charge in [-0.2, -0.15) is 0 Å². The van der Waals surface area contributed by atoms with Crippen molar-refractivity contribution >= 4 is 11.6 Å². The fourth-order valence-corrected chi connectivity index (χ4v) is 2.62. The Labute approximate surface area is 113 Å². The highest BCUT2D eigenvalue weighted by atomic mass is 35.5. The van der Waals surface area contributed by atoms with Crippen LogP contribution in [0.2, 0.25) is 5.02 Å². The number of rotatable bonds is 4. The van der Waals surface area contributed by atoms with Gasteiger partial charge < -0.3 is 5.32 Å². The summed E-state index contributed by atoms with van der Waals surface area (Å²) < 4.78 is 13.4. The Morgan fingerprint density at radius 1 is 1.50 bits per heavy atom. The number of piperazine rings is 1. The molecule has 1 aliphatic heterocycles. The van der Waals surface area contributed by atoms with Crippen LogP contribution < -0.4 is 5.32 Å². The molecule has 100 valence electrons. The van der Waals surface area contributed by atoms with Gasteiger partial charge in [0.2, 0.25) is 0 Å². The van der Waals surface area contributed by atoms with Crippen molar-refractivity contribution in [1.82, 2.24) is 10.2 Å². The summed E-state index contributed by atoms with van der Waals surface area (Å²) in [5.41, 5.74) is 1.000. The Hall–Kier alpha value is -0.640. The monoisotopic (exact) mass is 270 g/mol. The normalized spacial score (nSPS) is 21.2. The zero-order valence-corrected chi connectivity index (χ0v) is 11.5. The van der Waals surface area contributed by atoms with Gasteiger partial charge in [0.1, 0.15) is 5.82 Å². The number of hydrogen-bond acceptors (Lipinski definition) is 2. The van der Waals surface area contributed by atoms with Crippen LogP contribution in [0.1, 0.15) is 25.3 Å². The molecule has 0 aliphatic carbocycles. The second-order valence-electron chi connectivity index (χ2n) is 4.87. The van der Waals surface area contributed by atoms with E-state index in [2.05, 4.69) is 17.1 Å². The molecule has 0 radical (unpaired) electrons. The Morgan fingerprint density at radius 3 is 3.06 bits per heavy atom. The molecule has 18 heavy (non-hydrogen) atoms. The first-order valence-electron chi connectivity index (χ1n) is 6.59. The molecular formula is C14H20ClFN2. The SMILES string of the molecule is CCCC1CNCCN1Cc1ccc(Cl)c(F)c1. The minimum atomic E-state index is -0.323. The van der Waals surface area contributed by atoms with E-state index in [1.165, 1.54) is 12.8 Å². The smallest absolute Gasteiger partial charge is 0.142 e. The molecule has 2 nitrogen and oxygen atoms in total. The summed E-state index contributed by atoms with van der Waals surface area (Å²) in [4.78, 5) is 2.43. The Balaban J connectivity index is 2.03. The van der Waals surface area contributed by atoms with Crippen LogP contribution >= 0.6 is 11.6 Å². The number of halogens is 2. The molecule has 0 saturated carbocycles. The van der Waals surface area contributed by atoms with E-state index in [4.69, 9.17) is 11.6 Å². The molecule has 1 unspecified atom stereocenters. The topological polar surface area (TPSA) is 15.3 Å². The molecule has 0 amide bonds. The van der Waals surface area contributed by atoms with E-state index in [9.17, 15) is 4.39 Å². The lowest BCUT2D eigenvalue weighted by molar-refractivity contribution is 0.144. The number of nitrogens with one attached hydrogen (secondary N) is 1. The molecule has 4 heteroatoms. The van der Waals surface area contributed by atoms with Gasteiger partial charge in [-0.1, -0.05) is 31.0 Å². The van der Waals surface area contributed by atoms with Crippen LogP contribution in [-0.4, -0.2) is 30.6 Å². The molecule has 1 saturated heterocycles. The molecule has 2 rings (SSSR count). The maximum absolute atomic E-state index is 13.4. The summed E-state index contributed by atoms with van der Waals surface area (Å²) >= 11 is 5.70. The quantitative estimate of drug-likeness (QED) is 0.905. The van der Waals surface area contributed by atoms with Crippen LogP contribution in [-0.2, 0) is 6.54 Å². The van der Waals surface area contributed by atoms with E-state index in [1.54, 1.807) is 12.1 Å². The molecule has 1 aromatic carbocycles. The molecule has 0 bridgehead atoms. The highest BCUT2D eigenvalue weighted by Crippen LogP contribution is 2.19. The van der Waals surface area contributed by atoms with Crippen molar-refractivity contribution in [2.24, 2.45) is 0 Å². The first-order valence-corrected chi connectivity index (χ1v) is 6.97. The minimum Gasteiger partial charge on any atom is -0.314 e. The van der Waals surface area contributed by atoms with E-state index in [0.29, 0.717) is 6.04 Å². The second kappa shape index (κ2) is 6.50. The molecular weight excluding hydrogens is 251 g/mol. The first kappa shape index (κ1) is 13.8. The van der Waals surface area contributed by atoms with E-state index in [0.717, 1.165) is 31.7 Å². The highest BCUT2D eigenvalue weighted by Gasteiger charge is 2.21. The van der Waals surface area contributed by atoms with Crippen LogP contribution in [0.5, 0.6) is 0 Å². The molecule has 1 heterocycles. The predicted molar refractivity (Wildman–Crippen MR) is 73.4 cm³/mol. The van der Waals surface area contributed by atoms with Gasteiger partial charge in [0.05, 0.1) is 5.02 Å². The van der Waals surface area contributed by atoms with E-state index in [-0.39, 0.29) is 10.8 Å². The molecule has 1 atom stereocenters. The van der Waals surface area contributed by atoms with Gasteiger partial charge in [0.15, 0.2) is 0 Å². The van der Waals surface area contributed by atoms with E-state index in [1.807, 2.05) is 6.07 Å². The molecule has 0 aromatic heterocycles. The molecule has 1 fully saturated rings. The Bertz CT molecular complexity index is 395. The van der Waals surface area contributed by atoms with Gasteiger partial charge in [-0.05, 0) is 24.1 Å². The number of benzene rings is 1. The summed E-state index contributed by atoms with van der Waals surface area (Å²) in [6, 6.07) is 5.66. The summed E-state index contributed by atoms with van der Waals surface area (Å²) in [7, 11) is 0. The van der Waals surface area contributed by atoms with Gasteiger partial charge in [-0.25, -0.2) is 4.39 Å². The van der Waals surface area contributed by atoms with Crippen molar-refractivity contribution in [2.75, 3.05) is 19.6 Å². The lowest BCUT2D eigenvalue weighted by atomic mass is 10.1. The Morgan fingerprint density at radius 2 is 2.33 bits per heavy atom. The van der Waals surface area contributed by atoms with Gasteiger partial charge in [0, 0.05) is 32.2 Å². The highest BCUT2D eigenvalue weighted by molar-refractivity contribution is 6.30.